The highest BCUT2D eigenvalue weighted by Gasteiger charge is 2.23. The highest BCUT2D eigenvalue weighted by atomic mass is 16.1. The highest BCUT2D eigenvalue weighted by molar-refractivity contribution is 5.92. The van der Waals surface area contributed by atoms with E-state index in [2.05, 4.69) is 27.1 Å². The van der Waals surface area contributed by atoms with Crippen LogP contribution < -0.4 is 10.2 Å². The van der Waals surface area contributed by atoms with E-state index < -0.39 is 0 Å². The van der Waals surface area contributed by atoms with E-state index in [1.54, 1.807) is 12.3 Å². The van der Waals surface area contributed by atoms with E-state index in [1.165, 1.54) is 19.3 Å². The maximum atomic E-state index is 12.0. The van der Waals surface area contributed by atoms with E-state index in [1.807, 2.05) is 13.8 Å². The van der Waals surface area contributed by atoms with E-state index in [9.17, 15) is 4.79 Å². The van der Waals surface area contributed by atoms with Crippen LogP contribution in [0.4, 0.5) is 5.95 Å². The maximum Gasteiger partial charge on any atom is 0.270 e. The summed E-state index contributed by atoms with van der Waals surface area (Å²) in [5, 5.41) is 2.87. The number of hydrogen-bond donors (Lipinski definition) is 1. The third kappa shape index (κ3) is 3.46. The fourth-order valence-electron chi connectivity index (χ4n) is 2.64. The number of hydrogen-bond acceptors (Lipinski definition) is 4. The van der Waals surface area contributed by atoms with E-state index in [0.717, 1.165) is 13.0 Å². The Bertz CT molecular complexity index is 461. The molecule has 1 N–H and O–H groups in total. The molecule has 5 nitrogen and oxygen atoms in total. The molecular weight excluding hydrogens is 252 g/mol. The van der Waals surface area contributed by atoms with Crippen molar-refractivity contribution >= 4 is 11.9 Å². The summed E-state index contributed by atoms with van der Waals surface area (Å²) in [5.41, 5.74) is 0.448. The zero-order valence-electron chi connectivity index (χ0n) is 12.6. The molecule has 2 rings (SSSR count). The summed E-state index contributed by atoms with van der Waals surface area (Å²) >= 11 is 0. The number of rotatable bonds is 4. The molecule has 1 fully saturated rings. The second-order valence-electron chi connectivity index (χ2n) is 5.62. The van der Waals surface area contributed by atoms with Crippen molar-refractivity contribution in [1.82, 2.24) is 15.3 Å². The van der Waals surface area contributed by atoms with Crippen LogP contribution in [0.5, 0.6) is 0 Å². The average molecular weight is 276 g/mol. The van der Waals surface area contributed by atoms with Crippen LogP contribution in [-0.2, 0) is 0 Å². The van der Waals surface area contributed by atoms with Gasteiger partial charge in [0.15, 0.2) is 0 Å². The van der Waals surface area contributed by atoms with E-state index in [-0.39, 0.29) is 11.9 Å². The van der Waals surface area contributed by atoms with Gasteiger partial charge in [0, 0.05) is 24.8 Å². The fourth-order valence-corrected chi connectivity index (χ4v) is 2.64. The lowest BCUT2D eigenvalue weighted by Crippen LogP contribution is -2.40. The Kier molecular flexibility index (Phi) is 4.93. The Balaban J connectivity index is 2.18. The Morgan fingerprint density at radius 3 is 3.00 bits per heavy atom. The van der Waals surface area contributed by atoms with Gasteiger partial charge in [0.1, 0.15) is 5.69 Å². The topological polar surface area (TPSA) is 58.1 Å². The molecule has 0 saturated carbocycles. The molecule has 1 saturated heterocycles. The quantitative estimate of drug-likeness (QED) is 0.917. The van der Waals surface area contributed by atoms with Gasteiger partial charge in [-0.3, -0.25) is 4.79 Å². The summed E-state index contributed by atoms with van der Waals surface area (Å²) in [4.78, 5) is 23.1. The van der Waals surface area contributed by atoms with Gasteiger partial charge in [-0.2, -0.15) is 0 Å². The highest BCUT2D eigenvalue weighted by Crippen LogP contribution is 2.23. The van der Waals surface area contributed by atoms with Crippen LogP contribution in [0.2, 0.25) is 0 Å². The Morgan fingerprint density at radius 1 is 1.50 bits per heavy atom. The van der Waals surface area contributed by atoms with Gasteiger partial charge in [-0.25, -0.2) is 9.97 Å². The molecular formula is C15H24N4O. The number of carbonyl (C=O) groups is 1. The summed E-state index contributed by atoms with van der Waals surface area (Å²) in [6, 6.07) is 2.28. The van der Waals surface area contributed by atoms with Crippen molar-refractivity contribution < 1.29 is 4.79 Å². The molecule has 1 atom stereocenters. The lowest BCUT2D eigenvalue weighted by Gasteiger charge is -2.35. The Hall–Kier alpha value is -1.65. The van der Waals surface area contributed by atoms with Crippen molar-refractivity contribution in [2.45, 2.75) is 58.5 Å². The van der Waals surface area contributed by atoms with Crippen LogP contribution in [0.15, 0.2) is 12.3 Å². The molecule has 0 bridgehead atoms. The van der Waals surface area contributed by atoms with Crippen molar-refractivity contribution in [1.29, 1.82) is 0 Å². The second-order valence-corrected chi connectivity index (χ2v) is 5.62. The molecule has 1 aromatic heterocycles. The minimum Gasteiger partial charge on any atom is -0.349 e. The number of nitrogens with zero attached hydrogens (tertiary/aromatic N) is 3. The van der Waals surface area contributed by atoms with Gasteiger partial charge in [-0.1, -0.05) is 6.92 Å². The molecule has 1 aliphatic rings. The Morgan fingerprint density at radius 2 is 2.30 bits per heavy atom. The number of piperidine rings is 1. The summed E-state index contributed by atoms with van der Waals surface area (Å²) in [5.74, 6) is 0.557. The predicted molar refractivity (Wildman–Crippen MR) is 79.9 cm³/mol. The number of anilines is 1. The second kappa shape index (κ2) is 6.68. The fraction of sp³-hybridized carbons (Fsp3) is 0.667. The van der Waals surface area contributed by atoms with E-state index in [4.69, 9.17) is 0 Å². The lowest BCUT2D eigenvalue weighted by atomic mass is 10.0. The van der Waals surface area contributed by atoms with Gasteiger partial charge in [0.05, 0.1) is 0 Å². The Labute approximate surface area is 120 Å². The summed E-state index contributed by atoms with van der Waals surface area (Å²) in [7, 11) is 0. The van der Waals surface area contributed by atoms with E-state index >= 15 is 0 Å². The lowest BCUT2D eigenvalue weighted by molar-refractivity contribution is 0.0938. The molecule has 0 spiro atoms. The molecule has 1 aliphatic heterocycles. The van der Waals surface area contributed by atoms with Gasteiger partial charge in [-0.15, -0.1) is 0 Å². The average Bonchev–Trinajstić information content (AvgIpc) is 2.46. The maximum absolute atomic E-state index is 12.0. The smallest absolute Gasteiger partial charge is 0.270 e. The molecule has 1 unspecified atom stereocenters. The van der Waals surface area contributed by atoms with Crippen LogP contribution in [0.1, 0.15) is 56.9 Å². The molecule has 0 aromatic carbocycles. The summed E-state index contributed by atoms with van der Waals surface area (Å²) in [6.07, 6.45) is 6.39. The van der Waals surface area contributed by atoms with Crippen LogP contribution in [-0.4, -0.2) is 34.5 Å². The molecule has 0 aliphatic carbocycles. The standard InChI is InChI=1S/C15H24N4O/c1-4-12-7-5-6-10-19(12)15-16-9-8-13(18-15)14(20)17-11(2)3/h8-9,11-12H,4-7,10H2,1-3H3,(H,17,20). The minimum absolute atomic E-state index is 0.110. The van der Waals surface area contributed by atoms with Crippen molar-refractivity contribution in [3.8, 4) is 0 Å². The van der Waals surface area contributed by atoms with Crippen LogP contribution >= 0.6 is 0 Å². The number of nitrogens with one attached hydrogen (secondary N) is 1. The molecule has 1 amide bonds. The van der Waals surface area contributed by atoms with Gasteiger partial charge in [0.2, 0.25) is 5.95 Å². The molecule has 5 heteroatoms. The minimum atomic E-state index is -0.131. The molecule has 1 aromatic rings. The normalized spacial score (nSPS) is 19.2. The summed E-state index contributed by atoms with van der Waals surface area (Å²) in [6.45, 7) is 7.06. The van der Waals surface area contributed by atoms with Crippen LogP contribution in [0.3, 0.4) is 0 Å². The largest absolute Gasteiger partial charge is 0.349 e. The molecule has 2 heterocycles. The molecule has 110 valence electrons. The molecule has 0 radical (unpaired) electrons. The SMILES string of the molecule is CCC1CCCCN1c1nccc(C(=O)NC(C)C)n1. The molecule has 20 heavy (non-hydrogen) atoms. The zero-order valence-corrected chi connectivity index (χ0v) is 12.6. The first-order chi connectivity index (χ1) is 9.61. The van der Waals surface area contributed by atoms with Gasteiger partial charge < -0.3 is 10.2 Å². The van der Waals surface area contributed by atoms with Crippen LogP contribution in [0.25, 0.3) is 0 Å². The monoisotopic (exact) mass is 276 g/mol. The number of carbonyl (C=O) groups excluding carboxylic acids is 1. The third-order valence-electron chi connectivity index (χ3n) is 3.65. The predicted octanol–water partition coefficient (Wildman–Crippen LogP) is 2.38. The number of amides is 1. The van der Waals surface area contributed by atoms with Crippen molar-refractivity contribution in [3.63, 3.8) is 0 Å². The summed E-state index contributed by atoms with van der Waals surface area (Å²) < 4.78 is 0. The van der Waals surface area contributed by atoms with Gasteiger partial charge >= 0.3 is 0 Å². The third-order valence-corrected chi connectivity index (χ3v) is 3.65. The van der Waals surface area contributed by atoms with Crippen molar-refractivity contribution in [2.75, 3.05) is 11.4 Å². The zero-order chi connectivity index (χ0) is 14.5. The van der Waals surface area contributed by atoms with Crippen molar-refractivity contribution in [3.05, 3.63) is 18.0 Å². The van der Waals surface area contributed by atoms with Gasteiger partial charge in [-0.05, 0) is 45.6 Å². The first kappa shape index (κ1) is 14.8. The first-order valence-electron chi connectivity index (χ1n) is 7.52. The van der Waals surface area contributed by atoms with Crippen LogP contribution in [0, 0.1) is 0 Å². The van der Waals surface area contributed by atoms with E-state index in [0.29, 0.717) is 17.7 Å². The number of aromatic nitrogens is 2. The van der Waals surface area contributed by atoms with Gasteiger partial charge in [0.25, 0.3) is 5.91 Å². The first-order valence-corrected chi connectivity index (χ1v) is 7.52. The van der Waals surface area contributed by atoms with Crippen molar-refractivity contribution in [2.24, 2.45) is 0 Å².